The van der Waals surface area contributed by atoms with Gasteiger partial charge in [-0.05, 0) is 17.7 Å². The van der Waals surface area contributed by atoms with Gasteiger partial charge in [-0.2, -0.15) is 0 Å². The number of imidazole rings is 1. The number of para-hydroxylation sites is 2. The maximum absolute atomic E-state index is 12.0. The lowest BCUT2D eigenvalue weighted by atomic mass is 10.2. The summed E-state index contributed by atoms with van der Waals surface area (Å²) in [6.07, 6.45) is 0.701. The number of carbonyl (C=O) groups excluding carboxylic acids is 1. The zero-order valence-corrected chi connectivity index (χ0v) is 12.1. The van der Waals surface area contributed by atoms with E-state index < -0.39 is 0 Å². The lowest BCUT2D eigenvalue weighted by Gasteiger charge is -2.07. The van der Waals surface area contributed by atoms with Crippen LogP contribution in [0.25, 0.3) is 11.0 Å². The van der Waals surface area contributed by atoms with Gasteiger partial charge in [0.25, 0.3) is 0 Å². The normalized spacial score (nSPS) is 10.7. The summed E-state index contributed by atoms with van der Waals surface area (Å²) in [6.45, 7) is 0.427. The van der Waals surface area contributed by atoms with E-state index in [0.29, 0.717) is 19.0 Å². The van der Waals surface area contributed by atoms with Crippen molar-refractivity contribution < 1.29 is 9.53 Å². The molecule has 1 aromatic heterocycles. The van der Waals surface area contributed by atoms with Gasteiger partial charge < -0.3 is 10.5 Å². The molecule has 0 spiro atoms. The number of esters is 1. The Bertz CT molecular complexity index is 781. The number of carbonyl (C=O) groups is 1. The van der Waals surface area contributed by atoms with E-state index in [0.717, 1.165) is 16.6 Å². The molecule has 22 heavy (non-hydrogen) atoms. The molecule has 0 saturated carbocycles. The second-order valence-electron chi connectivity index (χ2n) is 5.00. The standard InChI is InChI=1S/C17H17N3O2/c18-17-19-14-8-4-5-9-15(14)20(17)12-16(21)22-11-10-13-6-2-1-3-7-13/h1-9H,10-12H2,(H2,18,19). The van der Waals surface area contributed by atoms with Crippen LogP contribution in [0.15, 0.2) is 54.6 Å². The molecule has 5 nitrogen and oxygen atoms in total. The van der Waals surface area contributed by atoms with Crippen LogP contribution < -0.4 is 5.73 Å². The molecule has 2 aromatic carbocycles. The number of hydrogen-bond donors (Lipinski definition) is 1. The molecule has 3 aromatic rings. The maximum atomic E-state index is 12.0. The predicted molar refractivity (Wildman–Crippen MR) is 85.3 cm³/mol. The third-order valence-electron chi connectivity index (χ3n) is 3.47. The number of aromatic nitrogens is 2. The fraction of sp³-hybridized carbons (Fsp3) is 0.176. The van der Waals surface area contributed by atoms with Crippen molar-refractivity contribution in [2.75, 3.05) is 12.3 Å². The summed E-state index contributed by atoms with van der Waals surface area (Å²) >= 11 is 0. The molecule has 0 aliphatic rings. The minimum atomic E-state index is -0.314. The largest absolute Gasteiger partial charge is 0.464 e. The number of fused-ring (bicyclic) bond motifs is 1. The Balaban J connectivity index is 1.60. The van der Waals surface area contributed by atoms with Gasteiger partial charge in [-0.3, -0.25) is 9.36 Å². The fourth-order valence-electron chi connectivity index (χ4n) is 2.36. The third-order valence-corrected chi connectivity index (χ3v) is 3.47. The molecule has 0 atom stereocenters. The Hall–Kier alpha value is -2.82. The number of nitrogens with two attached hydrogens (primary N) is 1. The van der Waals surface area contributed by atoms with Crippen molar-refractivity contribution in [3.63, 3.8) is 0 Å². The van der Waals surface area contributed by atoms with E-state index in [2.05, 4.69) is 4.98 Å². The number of rotatable bonds is 5. The van der Waals surface area contributed by atoms with E-state index in [1.807, 2.05) is 54.6 Å². The van der Waals surface area contributed by atoms with E-state index in [1.165, 1.54) is 0 Å². The van der Waals surface area contributed by atoms with E-state index in [4.69, 9.17) is 10.5 Å². The highest BCUT2D eigenvalue weighted by Crippen LogP contribution is 2.17. The molecular weight excluding hydrogens is 278 g/mol. The number of hydrogen-bond acceptors (Lipinski definition) is 4. The Morgan fingerprint density at radius 2 is 1.82 bits per heavy atom. The van der Waals surface area contributed by atoms with Crippen molar-refractivity contribution in [2.45, 2.75) is 13.0 Å². The summed E-state index contributed by atoms with van der Waals surface area (Å²) in [5, 5.41) is 0. The predicted octanol–water partition coefficient (Wildman–Crippen LogP) is 2.40. The van der Waals surface area contributed by atoms with Gasteiger partial charge in [0.05, 0.1) is 17.6 Å². The molecule has 0 amide bonds. The van der Waals surface area contributed by atoms with Crippen LogP contribution in [0.4, 0.5) is 5.95 Å². The van der Waals surface area contributed by atoms with Crippen LogP contribution in [0.5, 0.6) is 0 Å². The zero-order valence-electron chi connectivity index (χ0n) is 12.1. The van der Waals surface area contributed by atoms with Crippen LogP contribution in [0.2, 0.25) is 0 Å². The molecule has 1 heterocycles. The number of nitrogens with zero attached hydrogens (tertiary/aromatic N) is 2. The topological polar surface area (TPSA) is 70.1 Å². The number of ether oxygens (including phenoxy) is 1. The SMILES string of the molecule is Nc1nc2ccccc2n1CC(=O)OCCc1ccccc1. The first kappa shape index (κ1) is 14.1. The summed E-state index contributed by atoms with van der Waals surface area (Å²) in [5.74, 6) is 0.00648. The van der Waals surface area contributed by atoms with Gasteiger partial charge in [0.15, 0.2) is 0 Å². The molecule has 2 N–H and O–H groups in total. The Labute approximate surface area is 128 Å². The Kier molecular flexibility index (Phi) is 4.05. The molecule has 0 aliphatic heterocycles. The quantitative estimate of drug-likeness (QED) is 0.734. The van der Waals surface area contributed by atoms with Gasteiger partial charge in [-0.25, -0.2) is 4.98 Å². The Morgan fingerprint density at radius 3 is 2.64 bits per heavy atom. The average molecular weight is 295 g/mol. The highest BCUT2D eigenvalue weighted by molar-refractivity contribution is 5.80. The van der Waals surface area contributed by atoms with Gasteiger partial charge in [-0.1, -0.05) is 42.5 Å². The summed E-state index contributed by atoms with van der Waals surface area (Å²) < 4.78 is 6.95. The molecule has 0 radical (unpaired) electrons. The minimum Gasteiger partial charge on any atom is -0.464 e. The molecule has 0 bridgehead atoms. The summed E-state index contributed by atoms with van der Waals surface area (Å²) in [7, 11) is 0. The first-order chi connectivity index (χ1) is 10.7. The van der Waals surface area contributed by atoms with Crippen LogP contribution in [-0.2, 0) is 22.5 Å². The van der Waals surface area contributed by atoms with Gasteiger partial charge in [0.2, 0.25) is 5.95 Å². The lowest BCUT2D eigenvalue weighted by Crippen LogP contribution is -2.16. The van der Waals surface area contributed by atoms with Crippen molar-refractivity contribution in [2.24, 2.45) is 0 Å². The van der Waals surface area contributed by atoms with Crippen LogP contribution >= 0.6 is 0 Å². The second kappa shape index (κ2) is 6.30. The van der Waals surface area contributed by atoms with Gasteiger partial charge in [0, 0.05) is 6.42 Å². The number of nitrogen functional groups attached to an aromatic ring is 1. The summed E-state index contributed by atoms with van der Waals surface area (Å²) in [6, 6.07) is 17.4. The van der Waals surface area contributed by atoms with Gasteiger partial charge in [-0.15, -0.1) is 0 Å². The van der Waals surface area contributed by atoms with Crippen LogP contribution in [0.1, 0.15) is 5.56 Å². The number of benzene rings is 2. The third kappa shape index (κ3) is 3.09. The highest BCUT2D eigenvalue weighted by atomic mass is 16.5. The van der Waals surface area contributed by atoms with Crippen molar-refractivity contribution >= 4 is 23.0 Å². The van der Waals surface area contributed by atoms with Gasteiger partial charge >= 0.3 is 5.97 Å². The van der Waals surface area contributed by atoms with E-state index >= 15 is 0 Å². The van der Waals surface area contributed by atoms with Crippen molar-refractivity contribution in [1.82, 2.24) is 9.55 Å². The minimum absolute atomic E-state index is 0.0706. The smallest absolute Gasteiger partial charge is 0.326 e. The van der Waals surface area contributed by atoms with E-state index in [9.17, 15) is 4.79 Å². The van der Waals surface area contributed by atoms with Crippen molar-refractivity contribution in [3.05, 3.63) is 60.2 Å². The van der Waals surface area contributed by atoms with Crippen molar-refractivity contribution in [1.29, 1.82) is 0 Å². The first-order valence-electron chi connectivity index (χ1n) is 7.14. The molecule has 112 valence electrons. The van der Waals surface area contributed by atoms with Crippen LogP contribution in [0.3, 0.4) is 0 Å². The lowest BCUT2D eigenvalue weighted by molar-refractivity contribution is -0.144. The first-order valence-corrected chi connectivity index (χ1v) is 7.14. The molecule has 0 unspecified atom stereocenters. The average Bonchev–Trinajstić information content (AvgIpc) is 2.84. The maximum Gasteiger partial charge on any atom is 0.326 e. The molecule has 0 saturated heterocycles. The monoisotopic (exact) mass is 295 g/mol. The number of anilines is 1. The molecule has 0 fully saturated rings. The molecule has 5 heteroatoms. The van der Waals surface area contributed by atoms with E-state index in [-0.39, 0.29) is 12.5 Å². The highest BCUT2D eigenvalue weighted by Gasteiger charge is 2.12. The van der Waals surface area contributed by atoms with E-state index in [1.54, 1.807) is 4.57 Å². The van der Waals surface area contributed by atoms with Crippen LogP contribution in [-0.4, -0.2) is 22.1 Å². The van der Waals surface area contributed by atoms with Gasteiger partial charge in [0.1, 0.15) is 6.54 Å². The van der Waals surface area contributed by atoms with Crippen molar-refractivity contribution in [3.8, 4) is 0 Å². The molecule has 0 aliphatic carbocycles. The summed E-state index contributed by atoms with van der Waals surface area (Å²) in [5.41, 5.74) is 8.62. The van der Waals surface area contributed by atoms with Crippen LogP contribution in [0, 0.1) is 0 Å². The molecule has 3 rings (SSSR count). The Morgan fingerprint density at radius 1 is 1.09 bits per heavy atom. The second-order valence-corrected chi connectivity index (χ2v) is 5.00. The zero-order chi connectivity index (χ0) is 15.4. The summed E-state index contributed by atoms with van der Waals surface area (Å²) in [4.78, 5) is 16.2. The fourth-order valence-corrected chi connectivity index (χ4v) is 2.36. The molecular formula is C17H17N3O2.